The zero-order chi connectivity index (χ0) is 13.1. The van der Waals surface area contributed by atoms with Crippen LogP contribution in [0.1, 0.15) is 5.82 Å². The summed E-state index contributed by atoms with van der Waals surface area (Å²) in [6.07, 6.45) is 3.90. The molecule has 0 unspecified atom stereocenters. The van der Waals surface area contributed by atoms with Gasteiger partial charge in [-0.25, -0.2) is 4.98 Å². The van der Waals surface area contributed by atoms with Crippen molar-refractivity contribution in [3.63, 3.8) is 0 Å². The van der Waals surface area contributed by atoms with Crippen molar-refractivity contribution in [2.24, 2.45) is 0 Å². The van der Waals surface area contributed by atoms with Gasteiger partial charge in [-0.05, 0) is 12.1 Å². The third-order valence-electron chi connectivity index (χ3n) is 3.41. The number of nitrogens with two attached hydrogens (primary N) is 1. The number of para-hydroxylation sites is 2. The molecule has 1 aromatic heterocycles. The van der Waals surface area contributed by atoms with Gasteiger partial charge in [0.05, 0.1) is 12.2 Å². The zero-order valence-corrected chi connectivity index (χ0v) is 10.8. The third kappa shape index (κ3) is 2.71. The average Bonchev–Trinajstić information content (AvgIpc) is 2.88. The zero-order valence-electron chi connectivity index (χ0n) is 10.8. The lowest BCUT2D eigenvalue weighted by atomic mass is 10.3. The van der Waals surface area contributed by atoms with Crippen molar-refractivity contribution in [1.29, 1.82) is 0 Å². The first-order chi connectivity index (χ1) is 9.33. The predicted octanol–water partition coefficient (Wildman–Crippen LogP) is 1.36. The number of nitrogen functional groups attached to an aromatic ring is 1. The van der Waals surface area contributed by atoms with Gasteiger partial charge in [0, 0.05) is 32.0 Å². The standard InChI is InChI=1S/C14H18N4O/c15-12-3-1-2-4-13(12)19-10-9-17-7-8-18-6-5-16-14(18)11-17/h1-6H,7-11,15H2. The Bertz CT molecular complexity index is 552. The molecule has 1 aromatic carbocycles. The molecule has 1 aliphatic heterocycles. The number of ether oxygens (including phenoxy) is 1. The van der Waals surface area contributed by atoms with Crippen molar-refractivity contribution in [2.45, 2.75) is 13.1 Å². The molecule has 2 heterocycles. The average molecular weight is 258 g/mol. The van der Waals surface area contributed by atoms with Gasteiger partial charge >= 0.3 is 0 Å². The summed E-state index contributed by atoms with van der Waals surface area (Å²) >= 11 is 0. The minimum absolute atomic E-state index is 0.648. The van der Waals surface area contributed by atoms with Gasteiger partial charge in [0.2, 0.25) is 0 Å². The summed E-state index contributed by atoms with van der Waals surface area (Å²) in [5.74, 6) is 1.89. The second-order valence-electron chi connectivity index (χ2n) is 4.70. The molecule has 0 saturated heterocycles. The number of benzene rings is 1. The maximum Gasteiger partial charge on any atom is 0.142 e. The molecule has 5 heteroatoms. The fourth-order valence-electron chi connectivity index (χ4n) is 2.31. The Hall–Kier alpha value is -2.01. The van der Waals surface area contributed by atoms with E-state index in [1.54, 1.807) is 0 Å². The minimum Gasteiger partial charge on any atom is -0.490 e. The SMILES string of the molecule is Nc1ccccc1OCCN1CCn2ccnc2C1. The van der Waals surface area contributed by atoms with Crippen LogP contribution in [0.3, 0.4) is 0 Å². The Morgan fingerprint density at radius 3 is 3.05 bits per heavy atom. The number of hydrogen-bond donors (Lipinski definition) is 1. The van der Waals surface area contributed by atoms with Crippen LogP contribution < -0.4 is 10.5 Å². The quantitative estimate of drug-likeness (QED) is 0.841. The number of anilines is 1. The molecule has 1 aliphatic rings. The van der Waals surface area contributed by atoms with Crippen molar-refractivity contribution in [2.75, 3.05) is 25.4 Å². The highest BCUT2D eigenvalue weighted by atomic mass is 16.5. The number of nitrogens with zero attached hydrogens (tertiary/aromatic N) is 3. The first kappa shape index (κ1) is 12.0. The van der Waals surface area contributed by atoms with Gasteiger partial charge in [0.25, 0.3) is 0 Å². The monoisotopic (exact) mass is 258 g/mol. The van der Waals surface area contributed by atoms with E-state index in [0.717, 1.165) is 37.8 Å². The lowest BCUT2D eigenvalue weighted by Crippen LogP contribution is -2.36. The van der Waals surface area contributed by atoms with E-state index >= 15 is 0 Å². The molecule has 0 spiro atoms. The van der Waals surface area contributed by atoms with E-state index in [2.05, 4.69) is 14.5 Å². The van der Waals surface area contributed by atoms with Crippen LogP contribution in [0, 0.1) is 0 Å². The molecule has 0 saturated carbocycles. The summed E-state index contributed by atoms with van der Waals surface area (Å²) in [6.45, 7) is 4.47. The first-order valence-electron chi connectivity index (χ1n) is 6.52. The molecular weight excluding hydrogens is 240 g/mol. The lowest BCUT2D eigenvalue weighted by molar-refractivity contribution is 0.175. The molecule has 0 bridgehead atoms. The van der Waals surface area contributed by atoms with Crippen molar-refractivity contribution < 1.29 is 4.74 Å². The van der Waals surface area contributed by atoms with Crippen LogP contribution in [0.2, 0.25) is 0 Å². The topological polar surface area (TPSA) is 56.3 Å². The van der Waals surface area contributed by atoms with Crippen molar-refractivity contribution in [1.82, 2.24) is 14.5 Å². The van der Waals surface area contributed by atoms with E-state index in [-0.39, 0.29) is 0 Å². The first-order valence-corrected chi connectivity index (χ1v) is 6.52. The molecule has 3 rings (SSSR count). The number of aromatic nitrogens is 2. The fraction of sp³-hybridized carbons (Fsp3) is 0.357. The molecule has 0 aliphatic carbocycles. The molecule has 0 fully saturated rings. The second-order valence-corrected chi connectivity index (χ2v) is 4.70. The second kappa shape index (κ2) is 5.32. The summed E-state index contributed by atoms with van der Waals surface area (Å²) in [5, 5.41) is 0. The maximum absolute atomic E-state index is 5.84. The molecule has 2 aromatic rings. The third-order valence-corrected chi connectivity index (χ3v) is 3.41. The van der Waals surface area contributed by atoms with Crippen LogP contribution >= 0.6 is 0 Å². The number of imidazole rings is 1. The van der Waals surface area contributed by atoms with Crippen LogP contribution in [0.5, 0.6) is 5.75 Å². The van der Waals surface area contributed by atoms with Gasteiger partial charge in [0.1, 0.15) is 18.2 Å². The molecule has 0 amide bonds. The summed E-state index contributed by atoms with van der Waals surface area (Å²) in [6, 6.07) is 7.60. The van der Waals surface area contributed by atoms with E-state index in [4.69, 9.17) is 10.5 Å². The van der Waals surface area contributed by atoms with E-state index in [1.165, 1.54) is 0 Å². The Labute approximate surface area is 112 Å². The lowest BCUT2D eigenvalue weighted by Gasteiger charge is -2.27. The Kier molecular flexibility index (Phi) is 3.37. The number of hydrogen-bond acceptors (Lipinski definition) is 4. The number of rotatable bonds is 4. The van der Waals surface area contributed by atoms with Crippen molar-refractivity contribution in [3.8, 4) is 5.75 Å². The van der Waals surface area contributed by atoms with Crippen LogP contribution in [0.4, 0.5) is 5.69 Å². The molecule has 2 N–H and O–H groups in total. The van der Waals surface area contributed by atoms with E-state index in [9.17, 15) is 0 Å². The van der Waals surface area contributed by atoms with Crippen LogP contribution in [0.15, 0.2) is 36.7 Å². The summed E-state index contributed by atoms with van der Waals surface area (Å²) in [7, 11) is 0. The molecule has 5 nitrogen and oxygen atoms in total. The van der Waals surface area contributed by atoms with Gasteiger partial charge in [-0.2, -0.15) is 0 Å². The van der Waals surface area contributed by atoms with Crippen molar-refractivity contribution >= 4 is 5.69 Å². The van der Waals surface area contributed by atoms with E-state index in [0.29, 0.717) is 12.3 Å². The van der Waals surface area contributed by atoms with Crippen molar-refractivity contribution in [3.05, 3.63) is 42.5 Å². The summed E-state index contributed by atoms with van der Waals surface area (Å²) in [4.78, 5) is 6.70. The molecular formula is C14H18N4O. The Balaban J connectivity index is 1.50. The molecule has 100 valence electrons. The number of fused-ring (bicyclic) bond motifs is 1. The maximum atomic E-state index is 5.84. The normalized spacial score (nSPS) is 15.2. The smallest absolute Gasteiger partial charge is 0.142 e. The fourth-order valence-corrected chi connectivity index (χ4v) is 2.31. The van der Waals surface area contributed by atoms with Crippen LogP contribution in [-0.2, 0) is 13.1 Å². The summed E-state index contributed by atoms with van der Waals surface area (Å²) < 4.78 is 7.92. The highest BCUT2D eigenvalue weighted by Crippen LogP contribution is 2.19. The van der Waals surface area contributed by atoms with Gasteiger partial charge in [-0.1, -0.05) is 12.1 Å². The summed E-state index contributed by atoms with van der Waals surface area (Å²) in [5.41, 5.74) is 6.53. The van der Waals surface area contributed by atoms with Gasteiger partial charge in [-0.15, -0.1) is 0 Å². The highest BCUT2D eigenvalue weighted by molar-refractivity contribution is 5.51. The van der Waals surface area contributed by atoms with E-state index < -0.39 is 0 Å². The molecule has 0 radical (unpaired) electrons. The molecule has 19 heavy (non-hydrogen) atoms. The Morgan fingerprint density at radius 1 is 1.26 bits per heavy atom. The largest absolute Gasteiger partial charge is 0.490 e. The predicted molar refractivity (Wildman–Crippen MR) is 73.9 cm³/mol. The van der Waals surface area contributed by atoms with E-state index in [1.807, 2.05) is 36.7 Å². The minimum atomic E-state index is 0.648. The van der Waals surface area contributed by atoms with Gasteiger partial charge in [0.15, 0.2) is 0 Å². The van der Waals surface area contributed by atoms with Crippen LogP contribution in [0.25, 0.3) is 0 Å². The van der Waals surface area contributed by atoms with Gasteiger partial charge < -0.3 is 15.0 Å². The molecule has 0 atom stereocenters. The highest BCUT2D eigenvalue weighted by Gasteiger charge is 2.16. The Morgan fingerprint density at radius 2 is 2.16 bits per heavy atom. The van der Waals surface area contributed by atoms with Gasteiger partial charge in [-0.3, -0.25) is 4.90 Å². The van der Waals surface area contributed by atoms with Crippen LogP contribution in [-0.4, -0.2) is 34.1 Å².